The Morgan fingerprint density at radius 1 is 1.36 bits per heavy atom. The van der Waals surface area contributed by atoms with Crippen LogP contribution in [0.2, 0.25) is 5.02 Å². The number of carboxylic acids is 1. The number of thioether (sulfide) groups is 1. The minimum Gasteiger partial charge on any atom is -0.478 e. The molecular weight excluding hydrogens is 330 g/mol. The Morgan fingerprint density at radius 3 is 2.82 bits per heavy atom. The van der Waals surface area contributed by atoms with E-state index in [-0.39, 0.29) is 33.9 Å². The molecule has 1 heterocycles. The predicted octanol–water partition coefficient (Wildman–Crippen LogP) is 1.54. The second kappa shape index (κ2) is 7.05. The highest BCUT2D eigenvalue weighted by Gasteiger charge is 2.11. The molecule has 2 rings (SSSR count). The zero-order valence-corrected chi connectivity index (χ0v) is 12.6. The Labute approximate surface area is 134 Å². The second-order valence-corrected chi connectivity index (χ2v) is 5.31. The first-order valence-electron chi connectivity index (χ1n) is 5.85. The SMILES string of the molecule is Nc1ncnc(SCC(=O)Nc2cc(C(=O)O)ccc2Cl)n1. The van der Waals surface area contributed by atoms with Crippen LogP contribution in [0.1, 0.15) is 10.4 Å². The van der Waals surface area contributed by atoms with Crippen LogP contribution < -0.4 is 11.1 Å². The summed E-state index contributed by atoms with van der Waals surface area (Å²) in [7, 11) is 0. The first-order chi connectivity index (χ1) is 10.5. The molecule has 4 N–H and O–H groups in total. The van der Waals surface area contributed by atoms with Crippen LogP contribution in [-0.4, -0.2) is 37.7 Å². The van der Waals surface area contributed by atoms with Gasteiger partial charge < -0.3 is 16.2 Å². The summed E-state index contributed by atoms with van der Waals surface area (Å²) < 4.78 is 0. The number of carbonyl (C=O) groups excluding carboxylic acids is 1. The fourth-order valence-corrected chi connectivity index (χ4v) is 2.21. The van der Waals surface area contributed by atoms with Crippen LogP contribution >= 0.6 is 23.4 Å². The van der Waals surface area contributed by atoms with Crippen molar-refractivity contribution in [3.05, 3.63) is 35.1 Å². The highest BCUT2D eigenvalue weighted by atomic mass is 35.5. The van der Waals surface area contributed by atoms with Crippen LogP contribution in [0.5, 0.6) is 0 Å². The summed E-state index contributed by atoms with van der Waals surface area (Å²) in [6.45, 7) is 0. The number of aromatic carboxylic acids is 1. The predicted molar refractivity (Wildman–Crippen MR) is 82.0 cm³/mol. The topological polar surface area (TPSA) is 131 Å². The molecule has 0 aliphatic carbocycles. The van der Waals surface area contributed by atoms with Gasteiger partial charge in [0, 0.05) is 0 Å². The first-order valence-corrected chi connectivity index (χ1v) is 7.22. The van der Waals surface area contributed by atoms with E-state index in [1.54, 1.807) is 0 Å². The molecule has 1 amide bonds. The molecule has 1 aromatic carbocycles. The van der Waals surface area contributed by atoms with E-state index in [1.807, 2.05) is 0 Å². The molecule has 0 aliphatic rings. The van der Waals surface area contributed by atoms with Crippen LogP contribution in [0.25, 0.3) is 0 Å². The molecule has 0 spiro atoms. The standard InChI is InChI=1S/C12H10ClN5O3S/c13-7-2-1-6(10(20)21)3-8(7)17-9(19)4-22-12-16-5-15-11(14)18-12/h1-3,5H,4H2,(H,17,19)(H,20,21)(H2,14,15,16,18). The molecule has 10 heteroatoms. The molecular formula is C12H10ClN5O3S. The van der Waals surface area contributed by atoms with Crippen LogP contribution in [0.3, 0.4) is 0 Å². The third-order valence-electron chi connectivity index (χ3n) is 2.39. The van der Waals surface area contributed by atoms with Crippen molar-refractivity contribution in [2.24, 2.45) is 0 Å². The molecule has 114 valence electrons. The summed E-state index contributed by atoms with van der Waals surface area (Å²) in [5.41, 5.74) is 5.65. The number of carboxylic acid groups (broad SMARTS) is 1. The van der Waals surface area contributed by atoms with Crippen LogP contribution in [0.15, 0.2) is 29.7 Å². The van der Waals surface area contributed by atoms with Crippen molar-refractivity contribution in [3.63, 3.8) is 0 Å². The van der Waals surface area contributed by atoms with E-state index < -0.39 is 5.97 Å². The summed E-state index contributed by atoms with van der Waals surface area (Å²) in [4.78, 5) is 34.1. The number of nitrogens with zero attached hydrogens (tertiary/aromatic N) is 3. The molecule has 0 bridgehead atoms. The second-order valence-electron chi connectivity index (χ2n) is 3.96. The van der Waals surface area contributed by atoms with Crippen LogP contribution in [-0.2, 0) is 4.79 Å². The fraction of sp³-hybridized carbons (Fsp3) is 0.0833. The number of amides is 1. The van der Waals surface area contributed by atoms with Gasteiger partial charge in [0.05, 0.1) is 22.0 Å². The van der Waals surface area contributed by atoms with Gasteiger partial charge in [-0.05, 0) is 18.2 Å². The van der Waals surface area contributed by atoms with E-state index in [1.165, 1.54) is 24.5 Å². The quantitative estimate of drug-likeness (QED) is 0.699. The Bertz CT molecular complexity index is 728. The van der Waals surface area contributed by atoms with Gasteiger partial charge in [-0.2, -0.15) is 4.98 Å². The lowest BCUT2D eigenvalue weighted by molar-refractivity contribution is -0.113. The largest absolute Gasteiger partial charge is 0.478 e. The average Bonchev–Trinajstić information content (AvgIpc) is 2.47. The van der Waals surface area contributed by atoms with E-state index in [0.29, 0.717) is 5.16 Å². The Morgan fingerprint density at radius 2 is 2.14 bits per heavy atom. The van der Waals surface area contributed by atoms with Gasteiger partial charge in [-0.3, -0.25) is 4.79 Å². The average molecular weight is 340 g/mol. The van der Waals surface area contributed by atoms with Gasteiger partial charge in [-0.1, -0.05) is 23.4 Å². The van der Waals surface area contributed by atoms with Gasteiger partial charge in [0.2, 0.25) is 11.9 Å². The van der Waals surface area contributed by atoms with E-state index in [0.717, 1.165) is 11.8 Å². The lowest BCUT2D eigenvalue weighted by Gasteiger charge is -2.07. The molecule has 0 saturated carbocycles. The van der Waals surface area contributed by atoms with Gasteiger partial charge in [-0.15, -0.1) is 0 Å². The molecule has 2 aromatic rings. The van der Waals surface area contributed by atoms with E-state index in [4.69, 9.17) is 22.4 Å². The summed E-state index contributed by atoms with van der Waals surface area (Å²) in [6, 6.07) is 4.04. The van der Waals surface area contributed by atoms with Gasteiger partial charge in [0.15, 0.2) is 5.16 Å². The van der Waals surface area contributed by atoms with Crippen LogP contribution in [0, 0.1) is 0 Å². The Hall–Kier alpha value is -2.39. The lowest BCUT2D eigenvalue weighted by atomic mass is 10.2. The number of aromatic nitrogens is 3. The fourth-order valence-electron chi connectivity index (χ4n) is 1.43. The van der Waals surface area contributed by atoms with E-state index >= 15 is 0 Å². The Kier molecular flexibility index (Phi) is 5.12. The maximum atomic E-state index is 11.9. The van der Waals surface area contributed by atoms with E-state index in [2.05, 4.69) is 20.3 Å². The third-order valence-corrected chi connectivity index (χ3v) is 3.58. The van der Waals surface area contributed by atoms with Gasteiger partial charge in [0.1, 0.15) is 6.33 Å². The number of anilines is 2. The van der Waals surface area contributed by atoms with Crippen molar-refractivity contribution in [1.82, 2.24) is 15.0 Å². The number of hydrogen-bond donors (Lipinski definition) is 3. The van der Waals surface area contributed by atoms with Crippen LogP contribution in [0.4, 0.5) is 11.6 Å². The van der Waals surface area contributed by atoms with Crippen molar-refractivity contribution in [3.8, 4) is 0 Å². The number of carbonyl (C=O) groups is 2. The highest BCUT2D eigenvalue weighted by molar-refractivity contribution is 7.99. The maximum Gasteiger partial charge on any atom is 0.335 e. The summed E-state index contributed by atoms with van der Waals surface area (Å²) in [5, 5.41) is 12.0. The zero-order valence-electron chi connectivity index (χ0n) is 11.0. The third kappa shape index (κ3) is 4.30. The van der Waals surface area contributed by atoms with Crippen molar-refractivity contribution >= 4 is 46.9 Å². The number of benzene rings is 1. The zero-order chi connectivity index (χ0) is 16.1. The number of nitrogen functional groups attached to an aromatic ring is 1. The maximum absolute atomic E-state index is 11.9. The summed E-state index contributed by atoms with van der Waals surface area (Å²) in [5.74, 6) is -1.41. The van der Waals surface area contributed by atoms with Gasteiger partial charge in [-0.25, -0.2) is 14.8 Å². The van der Waals surface area contributed by atoms with Crippen molar-refractivity contribution in [2.75, 3.05) is 16.8 Å². The molecule has 0 saturated heterocycles. The minimum atomic E-state index is -1.11. The summed E-state index contributed by atoms with van der Waals surface area (Å²) >= 11 is 6.98. The minimum absolute atomic E-state index is 0.0110. The number of nitrogens with one attached hydrogen (secondary N) is 1. The summed E-state index contributed by atoms with van der Waals surface area (Å²) in [6.07, 6.45) is 1.25. The van der Waals surface area contributed by atoms with E-state index in [9.17, 15) is 9.59 Å². The Balaban J connectivity index is 2.00. The molecule has 22 heavy (non-hydrogen) atoms. The number of hydrogen-bond acceptors (Lipinski definition) is 7. The molecule has 0 radical (unpaired) electrons. The normalized spacial score (nSPS) is 10.2. The van der Waals surface area contributed by atoms with Gasteiger partial charge >= 0.3 is 5.97 Å². The smallest absolute Gasteiger partial charge is 0.335 e. The van der Waals surface area contributed by atoms with Crippen molar-refractivity contribution in [2.45, 2.75) is 5.16 Å². The first kappa shape index (κ1) is 16.0. The van der Waals surface area contributed by atoms with Crippen molar-refractivity contribution in [1.29, 1.82) is 0 Å². The monoisotopic (exact) mass is 339 g/mol. The molecule has 8 nitrogen and oxygen atoms in total. The lowest BCUT2D eigenvalue weighted by Crippen LogP contribution is -2.15. The molecule has 0 fully saturated rings. The molecule has 0 unspecified atom stereocenters. The van der Waals surface area contributed by atoms with Gasteiger partial charge in [0.25, 0.3) is 0 Å². The molecule has 0 aliphatic heterocycles. The number of rotatable bonds is 5. The molecule has 1 aromatic heterocycles. The highest BCUT2D eigenvalue weighted by Crippen LogP contribution is 2.23. The number of nitrogens with two attached hydrogens (primary N) is 1. The number of halogens is 1. The molecule has 0 atom stereocenters. The van der Waals surface area contributed by atoms with Crippen molar-refractivity contribution < 1.29 is 14.7 Å².